The van der Waals surface area contributed by atoms with Crippen LogP contribution >= 0.6 is 0 Å². The Hall–Kier alpha value is -0.570. The second-order valence-corrected chi connectivity index (χ2v) is 7.24. The zero-order valence-corrected chi connectivity index (χ0v) is 17.8. The number of rotatable bonds is 18. The van der Waals surface area contributed by atoms with Crippen molar-refractivity contribution in [2.45, 2.75) is 118 Å². The number of nitrogens with zero attached hydrogens (tertiary/aromatic N) is 2. The number of carbonyl (C=O) groups is 1. The maximum Gasteiger partial charge on any atom is 0.236 e. The molecule has 3 nitrogen and oxygen atoms in total. The predicted molar refractivity (Wildman–Crippen MR) is 111 cm³/mol. The second kappa shape index (κ2) is 18.2. The van der Waals surface area contributed by atoms with Crippen molar-refractivity contribution in [1.29, 1.82) is 0 Å². The van der Waals surface area contributed by atoms with E-state index in [0.717, 1.165) is 26.1 Å². The summed E-state index contributed by atoms with van der Waals surface area (Å²) in [5.74, 6) is 0.300. The Morgan fingerprint density at radius 3 is 1.32 bits per heavy atom. The summed E-state index contributed by atoms with van der Waals surface area (Å²) in [4.78, 5) is 12.3. The van der Waals surface area contributed by atoms with Gasteiger partial charge in [-0.2, -0.15) is 0 Å². The molecule has 0 N–H and O–H groups in total. The highest BCUT2D eigenvalue weighted by atomic mass is 16.2. The maximum absolute atomic E-state index is 12.3. The molecule has 25 heavy (non-hydrogen) atoms. The standard InChI is InChI=1S/C22H46N2O/c1-5-9-10-11-12-13-14-15-16-17-18-19-20-21-22(25)24(8-4)23(6-2)7-3/h5-21H2,1-4H3. The third-order valence-electron chi connectivity index (χ3n) is 5.15. The zero-order chi connectivity index (χ0) is 18.8. The van der Waals surface area contributed by atoms with Crippen molar-refractivity contribution in [1.82, 2.24) is 10.0 Å². The van der Waals surface area contributed by atoms with E-state index in [2.05, 4.69) is 32.7 Å². The lowest BCUT2D eigenvalue weighted by Gasteiger charge is -2.32. The lowest BCUT2D eigenvalue weighted by molar-refractivity contribution is -0.148. The van der Waals surface area contributed by atoms with E-state index in [1.165, 1.54) is 77.0 Å². The van der Waals surface area contributed by atoms with E-state index in [0.29, 0.717) is 12.3 Å². The number of hydrogen-bond acceptors (Lipinski definition) is 2. The molecule has 3 heteroatoms. The first kappa shape index (κ1) is 24.4. The Labute approximate surface area is 158 Å². The van der Waals surface area contributed by atoms with Gasteiger partial charge in [0.2, 0.25) is 5.91 Å². The van der Waals surface area contributed by atoms with Crippen molar-refractivity contribution in [3.63, 3.8) is 0 Å². The number of unbranched alkanes of at least 4 members (excludes halogenated alkanes) is 12. The van der Waals surface area contributed by atoms with Crippen molar-refractivity contribution in [2.24, 2.45) is 0 Å². The summed E-state index contributed by atoms with van der Waals surface area (Å²) < 4.78 is 0. The lowest BCUT2D eigenvalue weighted by Crippen LogP contribution is -2.46. The van der Waals surface area contributed by atoms with Gasteiger partial charge in [0.1, 0.15) is 0 Å². The molecule has 0 aliphatic rings. The van der Waals surface area contributed by atoms with Crippen molar-refractivity contribution in [2.75, 3.05) is 19.6 Å². The average molecular weight is 355 g/mol. The number of hydrogen-bond donors (Lipinski definition) is 0. The number of amides is 1. The smallest absolute Gasteiger partial charge is 0.236 e. The summed E-state index contributed by atoms with van der Waals surface area (Å²) in [5.41, 5.74) is 0. The quantitative estimate of drug-likeness (QED) is 0.205. The Bertz CT molecular complexity index is 290. The third-order valence-corrected chi connectivity index (χ3v) is 5.15. The Morgan fingerprint density at radius 1 is 0.560 bits per heavy atom. The first-order chi connectivity index (χ1) is 12.2. The van der Waals surface area contributed by atoms with Gasteiger partial charge in [0.05, 0.1) is 0 Å². The van der Waals surface area contributed by atoms with Gasteiger partial charge < -0.3 is 0 Å². The highest BCUT2D eigenvalue weighted by Gasteiger charge is 2.16. The maximum atomic E-state index is 12.3. The van der Waals surface area contributed by atoms with Crippen LogP contribution in [-0.2, 0) is 4.79 Å². The van der Waals surface area contributed by atoms with Crippen molar-refractivity contribution >= 4 is 5.91 Å². The molecular weight excluding hydrogens is 308 g/mol. The summed E-state index contributed by atoms with van der Waals surface area (Å²) in [6.45, 7) is 11.2. The van der Waals surface area contributed by atoms with Crippen LogP contribution in [0.5, 0.6) is 0 Å². The Morgan fingerprint density at radius 2 is 0.960 bits per heavy atom. The molecule has 0 spiro atoms. The van der Waals surface area contributed by atoms with Crippen molar-refractivity contribution in [3.8, 4) is 0 Å². The molecule has 0 saturated heterocycles. The van der Waals surface area contributed by atoms with Gasteiger partial charge in [-0.15, -0.1) is 0 Å². The van der Waals surface area contributed by atoms with Gasteiger partial charge >= 0.3 is 0 Å². The average Bonchev–Trinajstić information content (AvgIpc) is 2.63. The van der Waals surface area contributed by atoms with Gasteiger partial charge in [-0.3, -0.25) is 9.80 Å². The largest absolute Gasteiger partial charge is 0.276 e. The monoisotopic (exact) mass is 354 g/mol. The second-order valence-electron chi connectivity index (χ2n) is 7.24. The van der Waals surface area contributed by atoms with E-state index < -0.39 is 0 Å². The molecule has 0 rings (SSSR count). The molecule has 0 bridgehead atoms. The van der Waals surface area contributed by atoms with E-state index in [1.54, 1.807) is 0 Å². The Balaban J connectivity index is 3.47. The minimum Gasteiger partial charge on any atom is -0.276 e. The third kappa shape index (κ3) is 13.3. The van der Waals surface area contributed by atoms with Crippen LogP contribution in [0.3, 0.4) is 0 Å². The van der Waals surface area contributed by atoms with Gasteiger partial charge in [-0.1, -0.05) is 97.8 Å². The van der Waals surface area contributed by atoms with Gasteiger partial charge in [0.25, 0.3) is 0 Å². The van der Waals surface area contributed by atoms with Gasteiger partial charge in [-0.05, 0) is 13.3 Å². The molecule has 0 aliphatic heterocycles. The van der Waals surface area contributed by atoms with Gasteiger partial charge in [0.15, 0.2) is 0 Å². The van der Waals surface area contributed by atoms with Crippen molar-refractivity contribution < 1.29 is 4.79 Å². The first-order valence-corrected chi connectivity index (χ1v) is 11.3. The summed E-state index contributed by atoms with van der Waals surface area (Å²) in [6.07, 6.45) is 18.3. The SMILES string of the molecule is CCCCCCCCCCCCCCCC(=O)N(CC)N(CC)CC. The van der Waals surface area contributed by atoms with Crippen LogP contribution < -0.4 is 0 Å². The van der Waals surface area contributed by atoms with Crippen LogP contribution in [-0.4, -0.2) is 35.6 Å². The van der Waals surface area contributed by atoms with Crippen LogP contribution in [0.2, 0.25) is 0 Å². The molecule has 0 aromatic rings. The molecule has 1 amide bonds. The summed E-state index contributed by atoms with van der Waals surface area (Å²) in [6, 6.07) is 0. The van der Waals surface area contributed by atoms with Crippen LogP contribution in [0.15, 0.2) is 0 Å². The zero-order valence-electron chi connectivity index (χ0n) is 17.8. The van der Waals surface area contributed by atoms with E-state index in [1.807, 2.05) is 5.01 Å². The van der Waals surface area contributed by atoms with Gasteiger partial charge in [-0.25, -0.2) is 5.01 Å². The minimum atomic E-state index is 0.300. The van der Waals surface area contributed by atoms with E-state index in [4.69, 9.17) is 0 Å². The molecule has 0 heterocycles. The van der Waals surface area contributed by atoms with E-state index in [9.17, 15) is 4.79 Å². The molecule has 0 aliphatic carbocycles. The molecule has 0 fully saturated rings. The highest BCUT2D eigenvalue weighted by Crippen LogP contribution is 2.13. The summed E-state index contributed by atoms with van der Waals surface area (Å²) >= 11 is 0. The fraction of sp³-hybridized carbons (Fsp3) is 0.955. The highest BCUT2D eigenvalue weighted by molar-refractivity contribution is 5.75. The van der Waals surface area contributed by atoms with Crippen LogP contribution in [0.4, 0.5) is 0 Å². The molecule has 0 radical (unpaired) electrons. The molecular formula is C22H46N2O. The molecule has 0 saturated carbocycles. The topological polar surface area (TPSA) is 23.6 Å². The fourth-order valence-corrected chi connectivity index (χ4v) is 3.52. The number of hydrazine groups is 1. The van der Waals surface area contributed by atoms with Crippen LogP contribution in [0.25, 0.3) is 0 Å². The minimum absolute atomic E-state index is 0.300. The van der Waals surface area contributed by atoms with Crippen molar-refractivity contribution in [3.05, 3.63) is 0 Å². The summed E-state index contributed by atoms with van der Waals surface area (Å²) in [7, 11) is 0. The molecule has 0 aromatic carbocycles. The molecule has 0 unspecified atom stereocenters. The van der Waals surface area contributed by atoms with Crippen LogP contribution in [0, 0.1) is 0 Å². The molecule has 0 aromatic heterocycles. The van der Waals surface area contributed by atoms with E-state index in [-0.39, 0.29) is 0 Å². The molecule has 150 valence electrons. The van der Waals surface area contributed by atoms with E-state index >= 15 is 0 Å². The normalized spacial score (nSPS) is 11.2. The fourth-order valence-electron chi connectivity index (χ4n) is 3.52. The summed E-state index contributed by atoms with van der Waals surface area (Å²) in [5, 5.41) is 4.07. The molecule has 0 atom stereocenters. The van der Waals surface area contributed by atoms with Gasteiger partial charge in [0, 0.05) is 26.1 Å². The lowest BCUT2D eigenvalue weighted by atomic mass is 10.0. The predicted octanol–water partition coefficient (Wildman–Crippen LogP) is 6.57. The Kier molecular flexibility index (Phi) is 17.8. The number of carbonyl (C=O) groups excluding carboxylic acids is 1. The first-order valence-electron chi connectivity index (χ1n) is 11.3. The van der Waals surface area contributed by atoms with Crippen LogP contribution in [0.1, 0.15) is 118 Å².